The summed E-state index contributed by atoms with van der Waals surface area (Å²) in [6.07, 6.45) is 1.63. The van der Waals surface area contributed by atoms with E-state index in [0.29, 0.717) is 5.92 Å². The molecule has 0 unspecified atom stereocenters. The van der Waals surface area contributed by atoms with Gasteiger partial charge < -0.3 is 0 Å². The van der Waals surface area contributed by atoms with Crippen LogP contribution in [0.5, 0.6) is 0 Å². The van der Waals surface area contributed by atoms with Crippen LogP contribution in [-0.2, 0) is 0 Å². The van der Waals surface area contributed by atoms with Crippen molar-refractivity contribution in [2.75, 3.05) is 0 Å². The molecule has 0 amide bonds. The van der Waals surface area contributed by atoms with Crippen LogP contribution >= 0.6 is 27.5 Å². The molecule has 0 saturated heterocycles. The van der Waals surface area contributed by atoms with E-state index in [-0.39, 0.29) is 5.28 Å². The number of hydrogen-bond acceptors (Lipinski definition) is 3. The largest absolute Gasteiger partial charge is 0.280 e. The van der Waals surface area contributed by atoms with Crippen molar-refractivity contribution in [2.24, 2.45) is 0 Å². The predicted octanol–water partition coefficient (Wildman–Crippen LogP) is 3.41. The van der Waals surface area contributed by atoms with Crippen LogP contribution in [0.2, 0.25) is 5.28 Å². The Morgan fingerprint density at radius 1 is 1.44 bits per heavy atom. The number of aromatic nitrogens is 4. The van der Waals surface area contributed by atoms with Crippen molar-refractivity contribution in [3.8, 4) is 11.3 Å². The molecular formula is C10H10BrClN4. The van der Waals surface area contributed by atoms with E-state index in [1.54, 1.807) is 6.20 Å². The van der Waals surface area contributed by atoms with E-state index in [1.165, 1.54) is 0 Å². The maximum atomic E-state index is 5.78. The van der Waals surface area contributed by atoms with Crippen LogP contribution in [-0.4, -0.2) is 20.2 Å². The molecule has 84 valence electrons. The second kappa shape index (κ2) is 4.51. The Morgan fingerprint density at radius 2 is 2.19 bits per heavy atom. The Hall–Kier alpha value is -0.940. The molecule has 0 aliphatic heterocycles. The van der Waals surface area contributed by atoms with Crippen molar-refractivity contribution in [1.82, 2.24) is 20.2 Å². The number of aromatic amines is 1. The third-order valence-electron chi connectivity index (χ3n) is 2.21. The average molecular weight is 302 g/mol. The second-order valence-electron chi connectivity index (χ2n) is 3.67. The molecule has 2 rings (SSSR count). The van der Waals surface area contributed by atoms with E-state index in [4.69, 9.17) is 11.6 Å². The highest BCUT2D eigenvalue weighted by Crippen LogP contribution is 2.32. The summed E-state index contributed by atoms with van der Waals surface area (Å²) in [7, 11) is 0. The number of rotatable bonds is 2. The monoisotopic (exact) mass is 300 g/mol. The molecular weight excluding hydrogens is 291 g/mol. The zero-order chi connectivity index (χ0) is 11.7. The molecule has 1 N–H and O–H groups in total. The van der Waals surface area contributed by atoms with Crippen molar-refractivity contribution in [1.29, 1.82) is 0 Å². The molecule has 0 radical (unpaired) electrons. The van der Waals surface area contributed by atoms with Crippen molar-refractivity contribution in [3.63, 3.8) is 0 Å². The molecule has 2 aromatic heterocycles. The summed E-state index contributed by atoms with van der Waals surface area (Å²) in [5, 5.41) is 7.36. The van der Waals surface area contributed by atoms with Gasteiger partial charge in [-0.3, -0.25) is 5.10 Å². The summed E-state index contributed by atoms with van der Waals surface area (Å²) in [6, 6.07) is 1.81. The van der Waals surface area contributed by atoms with Crippen molar-refractivity contribution < 1.29 is 0 Å². The first kappa shape index (κ1) is 11.5. The van der Waals surface area contributed by atoms with E-state index in [0.717, 1.165) is 21.6 Å². The topological polar surface area (TPSA) is 54.5 Å². The molecule has 0 fully saturated rings. The molecule has 0 aromatic carbocycles. The summed E-state index contributed by atoms with van der Waals surface area (Å²) in [5.74, 6) is 0.336. The molecule has 0 atom stereocenters. The van der Waals surface area contributed by atoms with Gasteiger partial charge in [-0.05, 0) is 39.5 Å². The van der Waals surface area contributed by atoms with Gasteiger partial charge in [0, 0.05) is 11.9 Å². The third kappa shape index (κ3) is 2.10. The summed E-state index contributed by atoms with van der Waals surface area (Å²) in [5.41, 5.74) is 2.74. The summed E-state index contributed by atoms with van der Waals surface area (Å²) in [6.45, 7) is 4.18. The highest BCUT2D eigenvalue weighted by atomic mass is 79.9. The maximum Gasteiger partial charge on any atom is 0.222 e. The summed E-state index contributed by atoms with van der Waals surface area (Å²) in [4.78, 5) is 8.05. The van der Waals surface area contributed by atoms with Crippen LogP contribution in [0.25, 0.3) is 11.3 Å². The summed E-state index contributed by atoms with van der Waals surface area (Å²) < 4.78 is 0.742. The number of halogens is 2. The Kier molecular flexibility index (Phi) is 3.25. The van der Waals surface area contributed by atoms with Gasteiger partial charge in [0.25, 0.3) is 0 Å². The lowest BCUT2D eigenvalue weighted by molar-refractivity contribution is 0.811. The van der Waals surface area contributed by atoms with E-state index in [9.17, 15) is 0 Å². The van der Waals surface area contributed by atoms with E-state index in [2.05, 4.69) is 49.9 Å². The minimum absolute atomic E-state index is 0.236. The van der Waals surface area contributed by atoms with E-state index >= 15 is 0 Å². The lowest BCUT2D eigenvalue weighted by Crippen LogP contribution is -1.93. The lowest BCUT2D eigenvalue weighted by atomic mass is 10.0. The number of nitrogens with zero attached hydrogens (tertiary/aromatic N) is 3. The quantitative estimate of drug-likeness (QED) is 0.865. The molecule has 0 aliphatic rings. The third-order valence-corrected chi connectivity index (χ3v) is 2.97. The van der Waals surface area contributed by atoms with Crippen molar-refractivity contribution in [3.05, 3.63) is 27.8 Å². The molecule has 2 aromatic rings. The number of H-pyrrole nitrogens is 1. The highest BCUT2D eigenvalue weighted by molar-refractivity contribution is 9.10. The summed E-state index contributed by atoms with van der Waals surface area (Å²) >= 11 is 9.18. The van der Waals surface area contributed by atoms with Gasteiger partial charge >= 0.3 is 0 Å². The maximum absolute atomic E-state index is 5.78. The average Bonchev–Trinajstić information content (AvgIpc) is 2.60. The minimum Gasteiger partial charge on any atom is -0.280 e. The van der Waals surface area contributed by atoms with Crippen LogP contribution < -0.4 is 0 Å². The normalized spacial score (nSPS) is 11.1. The van der Waals surface area contributed by atoms with Gasteiger partial charge in [0.2, 0.25) is 5.28 Å². The Labute approximate surface area is 107 Å². The highest BCUT2D eigenvalue weighted by Gasteiger charge is 2.17. The van der Waals surface area contributed by atoms with Gasteiger partial charge in [-0.15, -0.1) is 0 Å². The predicted molar refractivity (Wildman–Crippen MR) is 66.4 cm³/mol. The first-order chi connectivity index (χ1) is 7.59. The van der Waals surface area contributed by atoms with Gasteiger partial charge in [0.05, 0.1) is 11.3 Å². The second-order valence-corrected chi connectivity index (χ2v) is 4.76. The Bertz CT molecular complexity index is 509. The molecule has 0 spiro atoms. The molecule has 4 nitrogen and oxygen atoms in total. The smallest absolute Gasteiger partial charge is 0.222 e. The zero-order valence-corrected chi connectivity index (χ0v) is 11.2. The van der Waals surface area contributed by atoms with Crippen LogP contribution in [0.4, 0.5) is 0 Å². The molecule has 6 heteroatoms. The minimum atomic E-state index is 0.236. The standard InChI is InChI=1S/C10H10BrClN4/c1-5(2)8-7(9(11)16-15-8)6-3-4-13-10(12)14-6/h3-5H,1-2H3,(H,15,16). The van der Waals surface area contributed by atoms with Gasteiger partial charge in [-0.2, -0.15) is 5.10 Å². The van der Waals surface area contributed by atoms with Crippen LogP contribution in [0.1, 0.15) is 25.5 Å². The fourth-order valence-corrected chi connectivity index (χ4v) is 2.12. The zero-order valence-electron chi connectivity index (χ0n) is 8.83. The van der Waals surface area contributed by atoms with Crippen molar-refractivity contribution >= 4 is 27.5 Å². The van der Waals surface area contributed by atoms with E-state index in [1.807, 2.05) is 6.07 Å². The fourth-order valence-electron chi connectivity index (χ4n) is 1.47. The van der Waals surface area contributed by atoms with E-state index < -0.39 is 0 Å². The first-order valence-corrected chi connectivity index (χ1v) is 5.99. The number of hydrogen-bond donors (Lipinski definition) is 1. The first-order valence-electron chi connectivity index (χ1n) is 4.82. The van der Waals surface area contributed by atoms with Gasteiger partial charge in [0.1, 0.15) is 4.60 Å². The van der Waals surface area contributed by atoms with Gasteiger partial charge in [-0.1, -0.05) is 13.8 Å². The van der Waals surface area contributed by atoms with Gasteiger partial charge in [-0.25, -0.2) is 9.97 Å². The fraction of sp³-hybridized carbons (Fsp3) is 0.300. The van der Waals surface area contributed by atoms with Gasteiger partial charge in [0.15, 0.2) is 0 Å². The Balaban J connectivity index is 2.59. The van der Waals surface area contributed by atoms with Crippen LogP contribution in [0.15, 0.2) is 16.9 Å². The molecule has 2 heterocycles. The molecule has 16 heavy (non-hydrogen) atoms. The lowest BCUT2D eigenvalue weighted by Gasteiger charge is -2.05. The molecule has 0 saturated carbocycles. The molecule has 0 bridgehead atoms. The molecule has 0 aliphatic carbocycles. The van der Waals surface area contributed by atoms with Crippen LogP contribution in [0, 0.1) is 0 Å². The number of nitrogens with one attached hydrogen (secondary N) is 1. The Morgan fingerprint density at radius 3 is 2.81 bits per heavy atom. The van der Waals surface area contributed by atoms with Crippen LogP contribution in [0.3, 0.4) is 0 Å². The SMILES string of the molecule is CC(C)c1[nH]nc(Br)c1-c1ccnc(Cl)n1. The van der Waals surface area contributed by atoms with Crippen molar-refractivity contribution in [2.45, 2.75) is 19.8 Å².